The standard InChI is InChI=1S/C17H17F3N4O2/c18-17(19,20)11-26-16-13(4-3-7-21-16)15(25)23-12-5-6-14(22-10-12)24-8-1-2-9-24/h3-7,10H,1-2,8-9,11H2,(H,23,25). The quantitative estimate of drug-likeness (QED) is 0.880. The number of hydrogen-bond donors (Lipinski definition) is 1. The van der Waals surface area contributed by atoms with E-state index >= 15 is 0 Å². The van der Waals surface area contributed by atoms with Crippen LogP contribution in [0.2, 0.25) is 0 Å². The molecule has 1 aliphatic heterocycles. The molecule has 1 saturated heterocycles. The summed E-state index contributed by atoms with van der Waals surface area (Å²) in [6, 6.07) is 6.29. The summed E-state index contributed by atoms with van der Waals surface area (Å²) in [7, 11) is 0. The Morgan fingerprint density at radius 3 is 2.62 bits per heavy atom. The van der Waals surface area contributed by atoms with E-state index in [0.717, 1.165) is 31.7 Å². The third-order valence-electron chi connectivity index (χ3n) is 3.82. The second-order valence-corrected chi connectivity index (χ2v) is 5.81. The van der Waals surface area contributed by atoms with Gasteiger partial charge in [0.25, 0.3) is 5.91 Å². The normalized spacial score (nSPS) is 14.3. The van der Waals surface area contributed by atoms with E-state index in [1.54, 1.807) is 12.1 Å². The van der Waals surface area contributed by atoms with Gasteiger partial charge in [0.05, 0.1) is 11.9 Å². The largest absolute Gasteiger partial charge is 0.467 e. The summed E-state index contributed by atoms with van der Waals surface area (Å²) in [6.07, 6.45) is 0.511. The number of nitrogens with zero attached hydrogens (tertiary/aromatic N) is 3. The van der Waals surface area contributed by atoms with Gasteiger partial charge in [0, 0.05) is 19.3 Å². The molecule has 0 atom stereocenters. The number of aromatic nitrogens is 2. The van der Waals surface area contributed by atoms with Crippen molar-refractivity contribution < 1.29 is 22.7 Å². The second-order valence-electron chi connectivity index (χ2n) is 5.81. The Balaban J connectivity index is 1.68. The molecular weight excluding hydrogens is 349 g/mol. The van der Waals surface area contributed by atoms with Gasteiger partial charge >= 0.3 is 6.18 Å². The number of pyridine rings is 2. The molecule has 2 aromatic rings. The Bertz CT molecular complexity index is 759. The van der Waals surface area contributed by atoms with Crippen molar-refractivity contribution >= 4 is 17.4 Å². The van der Waals surface area contributed by atoms with Crippen molar-refractivity contribution in [3.8, 4) is 5.88 Å². The SMILES string of the molecule is O=C(Nc1ccc(N2CCCC2)nc1)c1cccnc1OCC(F)(F)F. The molecule has 1 fully saturated rings. The lowest BCUT2D eigenvalue weighted by atomic mass is 10.2. The van der Waals surface area contributed by atoms with E-state index in [1.807, 2.05) is 0 Å². The van der Waals surface area contributed by atoms with Gasteiger partial charge in [-0.2, -0.15) is 13.2 Å². The first-order chi connectivity index (χ1) is 12.4. The lowest BCUT2D eigenvalue weighted by molar-refractivity contribution is -0.154. The van der Waals surface area contributed by atoms with E-state index in [0.29, 0.717) is 5.69 Å². The van der Waals surface area contributed by atoms with Gasteiger partial charge in [-0.1, -0.05) is 0 Å². The number of rotatable bonds is 5. The van der Waals surface area contributed by atoms with Gasteiger partial charge in [0.1, 0.15) is 11.4 Å². The molecule has 1 aliphatic rings. The van der Waals surface area contributed by atoms with Crippen molar-refractivity contribution in [2.45, 2.75) is 19.0 Å². The third-order valence-corrected chi connectivity index (χ3v) is 3.82. The van der Waals surface area contributed by atoms with Crippen LogP contribution in [0, 0.1) is 0 Å². The highest BCUT2D eigenvalue weighted by molar-refractivity contribution is 6.05. The van der Waals surface area contributed by atoms with Crippen LogP contribution in [0.1, 0.15) is 23.2 Å². The molecule has 9 heteroatoms. The van der Waals surface area contributed by atoms with Crippen LogP contribution in [0.25, 0.3) is 0 Å². The van der Waals surface area contributed by atoms with E-state index in [2.05, 4.69) is 24.9 Å². The number of nitrogens with one attached hydrogen (secondary N) is 1. The molecule has 1 amide bonds. The fraction of sp³-hybridized carbons (Fsp3) is 0.353. The lowest BCUT2D eigenvalue weighted by Crippen LogP contribution is -2.22. The van der Waals surface area contributed by atoms with Crippen LogP contribution in [0.5, 0.6) is 5.88 Å². The van der Waals surface area contributed by atoms with Crippen LogP contribution in [-0.4, -0.2) is 41.7 Å². The van der Waals surface area contributed by atoms with Crippen LogP contribution >= 0.6 is 0 Å². The molecule has 3 rings (SSSR count). The first-order valence-corrected chi connectivity index (χ1v) is 8.09. The van der Waals surface area contributed by atoms with Crippen molar-refractivity contribution in [1.82, 2.24) is 9.97 Å². The van der Waals surface area contributed by atoms with E-state index in [4.69, 9.17) is 0 Å². The van der Waals surface area contributed by atoms with Crippen LogP contribution in [0.3, 0.4) is 0 Å². The summed E-state index contributed by atoms with van der Waals surface area (Å²) in [5, 5.41) is 2.59. The average Bonchev–Trinajstić information content (AvgIpc) is 3.15. The topological polar surface area (TPSA) is 67.4 Å². The first kappa shape index (κ1) is 18.0. The van der Waals surface area contributed by atoms with E-state index in [-0.39, 0.29) is 11.4 Å². The molecule has 0 saturated carbocycles. The first-order valence-electron chi connectivity index (χ1n) is 8.09. The van der Waals surface area contributed by atoms with Gasteiger partial charge < -0.3 is 15.0 Å². The molecule has 1 N–H and O–H groups in total. The molecule has 0 aliphatic carbocycles. The van der Waals surface area contributed by atoms with Crippen LogP contribution in [-0.2, 0) is 0 Å². The number of anilines is 2. The maximum atomic E-state index is 12.4. The van der Waals surface area contributed by atoms with Crippen molar-refractivity contribution in [3.05, 3.63) is 42.2 Å². The zero-order chi connectivity index (χ0) is 18.6. The Kier molecular flexibility index (Phi) is 5.24. The average molecular weight is 366 g/mol. The lowest BCUT2D eigenvalue weighted by Gasteiger charge is -2.16. The minimum atomic E-state index is -4.51. The van der Waals surface area contributed by atoms with Gasteiger partial charge in [-0.05, 0) is 37.1 Å². The Morgan fingerprint density at radius 1 is 1.19 bits per heavy atom. The monoisotopic (exact) mass is 366 g/mol. The predicted octanol–water partition coefficient (Wildman–Crippen LogP) is 3.27. The number of ether oxygens (including phenoxy) is 1. The van der Waals surface area contributed by atoms with Gasteiger partial charge in [-0.25, -0.2) is 9.97 Å². The maximum absolute atomic E-state index is 12.4. The molecule has 0 unspecified atom stereocenters. The summed E-state index contributed by atoms with van der Waals surface area (Å²) >= 11 is 0. The number of alkyl halides is 3. The third kappa shape index (κ3) is 4.62. The van der Waals surface area contributed by atoms with Crippen molar-refractivity contribution in [2.24, 2.45) is 0 Å². The number of carbonyl (C=O) groups is 1. The zero-order valence-electron chi connectivity index (χ0n) is 13.8. The summed E-state index contributed by atoms with van der Waals surface area (Å²) in [5.74, 6) is -0.161. The number of carbonyl (C=O) groups excluding carboxylic acids is 1. The van der Waals surface area contributed by atoms with Gasteiger partial charge in [-0.3, -0.25) is 4.79 Å². The van der Waals surface area contributed by atoms with Crippen LogP contribution < -0.4 is 15.0 Å². The fourth-order valence-electron chi connectivity index (χ4n) is 2.62. The molecular formula is C17H17F3N4O2. The van der Waals surface area contributed by atoms with E-state index in [9.17, 15) is 18.0 Å². The number of amides is 1. The van der Waals surface area contributed by atoms with E-state index < -0.39 is 18.7 Å². The highest BCUT2D eigenvalue weighted by Crippen LogP contribution is 2.22. The molecule has 0 spiro atoms. The maximum Gasteiger partial charge on any atom is 0.422 e. The minimum absolute atomic E-state index is 0.0830. The smallest absolute Gasteiger partial charge is 0.422 e. The highest BCUT2D eigenvalue weighted by atomic mass is 19.4. The molecule has 2 aromatic heterocycles. The molecule has 6 nitrogen and oxygen atoms in total. The van der Waals surface area contributed by atoms with E-state index in [1.165, 1.54) is 24.5 Å². The van der Waals surface area contributed by atoms with Crippen molar-refractivity contribution in [1.29, 1.82) is 0 Å². The van der Waals surface area contributed by atoms with Crippen LogP contribution in [0.15, 0.2) is 36.7 Å². The summed E-state index contributed by atoms with van der Waals surface area (Å²) < 4.78 is 41.6. The number of hydrogen-bond acceptors (Lipinski definition) is 5. The summed E-state index contributed by atoms with van der Waals surface area (Å²) in [5.41, 5.74) is 0.351. The Labute approximate surface area is 148 Å². The van der Waals surface area contributed by atoms with Gasteiger partial charge in [-0.15, -0.1) is 0 Å². The minimum Gasteiger partial charge on any atom is -0.467 e. The van der Waals surface area contributed by atoms with Crippen LogP contribution in [0.4, 0.5) is 24.7 Å². The molecule has 0 radical (unpaired) electrons. The Hall–Kier alpha value is -2.84. The van der Waals surface area contributed by atoms with Crippen molar-refractivity contribution in [2.75, 3.05) is 29.9 Å². The number of halogens is 3. The zero-order valence-corrected chi connectivity index (χ0v) is 13.8. The molecule has 0 aromatic carbocycles. The molecule has 3 heterocycles. The molecule has 138 valence electrons. The van der Waals surface area contributed by atoms with Gasteiger partial charge in [0.15, 0.2) is 6.61 Å². The molecule has 26 heavy (non-hydrogen) atoms. The summed E-state index contributed by atoms with van der Waals surface area (Å²) in [4.78, 5) is 22.5. The summed E-state index contributed by atoms with van der Waals surface area (Å²) in [6.45, 7) is 0.388. The highest BCUT2D eigenvalue weighted by Gasteiger charge is 2.29. The second kappa shape index (κ2) is 7.59. The van der Waals surface area contributed by atoms with Gasteiger partial charge in [0.2, 0.25) is 5.88 Å². The molecule has 0 bridgehead atoms. The predicted molar refractivity (Wildman–Crippen MR) is 89.4 cm³/mol. The Morgan fingerprint density at radius 2 is 1.96 bits per heavy atom. The van der Waals surface area contributed by atoms with Crippen molar-refractivity contribution in [3.63, 3.8) is 0 Å². The fourth-order valence-corrected chi connectivity index (χ4v) is 2.62.